The Morgan fingerprint density at radius 3 is 2.61 bits per heavy atom. The normalized spacial score (nSPS) is 15.4. The van der Waals surface area contributed by atoms with Gasteiger partial charge in [-0.2, -0.15) is 18.3 Å². The zero-order chi connectivity index (χ0) is 33.9. The molecule has 1 aromatic carbocycles. The summed E-state index contributed by atoms with van der Waals surface area (Å²) in [5.74, 6) is 1.45. The molecule has 3 N–H and O–H groups in total. The molecule has 2 aliphatic carbocycles. The highest BCUT2D eigenvalue weighted by atomic mass is 19.4. The number of carbonyl (C=O) groups excluding carboxylic acids is 1. The Hall–Kier alpha value is -5.87. The third-order valence-corrected chi connectivity index (χ3v) is 8.88. The first kappa shape index (κ1) is 30.5. The molecule has 8 rings (SSSR count). The zero-order valence-electron chi connectivity index (χ0n) is 26.2. The molecule has 49 heavy (non-hydrogen) atoms. The summed E-state index contributed by atoms with van der Waals surface area (Å²) in [6, 6.07) is 9.65. The second-order valence-corrected chi connectivity index (χ2v) is 12.0. The van der Waals surface area contributed by atoms with Gasteiger partial charge >= 0.3 is 12.2 Å². The van der Waals surface area contributed by atoms with E-state index in [0.717, 1.165) is 24.5 Å². The molecule has 0 bridgehead atoms. The average molecular weight is 675 g/mol. The van der Waals surface area contributed by atoms with Crippen molar-refractivity contribution < 1.29 is 32.0 Å². The second-order valence-electron chi connectivity index (χ2n) is 12.0. The summed E-state index contributed by atoms with van der Waals surface area (Å²) >= 11 is 0. The lowest BCUT2D eigenvalue weighted by Crippen LogP contribution is -2.28. The number of halogens is 3. The quantitative estimate of drug-likeness (QED) is 0.150. The fraction of sp³-hybridized carbons (Fsp3) is 0.312. The van der Waals surface area contributed by atoms with Crippen molar-refractivity contribution in [2.45, 2.75) is 49.9 Å². The van der Waals surface area contributed by atoms with Gasteiger partial charge in [0.05, 0.1) is 37.0 Å². The van der Waals surface area contributed by atoms with Crippen molar-refractivity contribution in [2.75, 3.05) is 30.2 Å². The smallest absolute Gasteiger partial charge is 0.401 e. The van der Waals surface area contributed by atoms with Gasteiger partial charge in [-0.1, -0.05) is 5.16 Å². The Bertz CT molecular complexity index is 2220. The van der Waals surface area contributed by atoms with Crippen LogP contribution in [0.5, 0.6) is 11.5 Å². The van der Waals surface area contributed by atoms with Crippen LogP contribution in [0, 0.1) is 0 Å². The van der Waals surface area contributed by atoms with Crippen LogP contribution in [0.1, 0.15) is 43.0 Å². The number of carbonyl (C=O) groups is 1. The number of anilines is 3. The van der Waals surface area contributed by atoms with Crippen molar-refractivity contribution in [3.8, 4) is 22.9 Å². The maximum atomic E-state index is 13.5. The Kier molecular flexibility index (Phi) is 7.08. The zero-order valence-corrected chi connectivity index (χ0v) is 26.2. The number of nitrogens with one attached hydrogen (secondary N) is 3. The van der Waals surface area contributed by atoms with Crippen molar-refractivity contribution in [1.82, 2.24) is 34.3 Å². The molecule has 6 aromatic rings. The van der Waals surface area contributed by atoms with Crippen molar-refractivity contribution >= 4 is 40.0 Å². The fourth-order valence-electron chi connectivity index (χ4n) is 5.97. The van der Waals surface area contributed by atoms with Crippen LogP contribution in [0.4, 0.5) is 35.3 Å². The van der Waals surface area contributed by atoms with Crippen LogP contribution < -0.4 is 25.4 Å². The fourth-order valence-corrected chi connectivity index (χ4v) is 5.97. The average Bonchev–Trinajstić information content (AvgIpc) is 3.96. The summed E-state index contributed by atoms with van der Waals surface area (Å²) in [6.07, 6.45) is 2.16. The van der Waals surface area contributed by atoms with Gasteiger partial charge < -0.3 is 24.6 Å². The summed E-state index contributed by atoms with van der Waals surface area (Å²) in [5, 5.41) is 17.9. The predicted molar refractivity (Wildman–Crippen MR) is 171 cm³/mol. The number of nitrogens with zero attached hydrogens (tertiary/aromatic N) is 7. The number of methoxy groups -OCH3 is 2. The lowest BCUT2D eigenvalue weighted by molar-refractivity contribution is -0.165. The van der Waals surface area contributed by atoms with Gasteiger partial charge in [-0.15, -0.1) is 0 Å². The Morgan fingerprint density at radius 2 is 1.88 bits per heavy atom. The molecule has 2 fully saturated rings. The highest BCUT2D eigenvalue weighted by Gasteiger charge is 2.67. The van der Waals surface area contributed by atoms with E-state index >= 15 is 0 Å². The molecule has 0 aliphatic heterocycles. The van der Waals surface area contributed by atoms with Gasteiger partial charge in [0.25, 0.3) is 0 Å². The number of pyridine rings is 1. The van der Waals surface area contributed by atoms with Crippen molar-refractivity contribution in [1.29, 1.82) is 0 Å². The van der Waals surface area contributed by atoms with E-state index in [4.69, 9.17) is 19.1 Å². The van der Waals surface area contributed by atoms with E-state index in [1.807, 2.05) is 22.9 Å². The third kappa shape index (κ3) is 5.30. The Morgan fingerprint density at radius 1 is 1.04 bits per heavy atom. The minimum atomic E-state index is -4.47. The molecule has 0 spiro atoms. The van der Waals surface area contributed by atoms with Crippen LogP contribution in [0.15, 0.2) is 59.6 Å². The van der Waals surface area contributed by atoms with Gasteiger partial charge in [0.1, 0.15) is 34.8 Å². The highest BCUT2D eigenvalue weighted by molar-refractivity contribution is 6.03. The minimum Gasteiger partial charge on any atom is -0.497 e. The molecule has 5 heterocycles. The van der Waals surface area contributed by atoms with Gasteiger partial charge in [0, 0.05) is 36.6 Å². The summed E-state index contributed by atoms with van der Waals surface area (Å²) in [5.41, 5.74) is 1.56. The molecule has 17 heteroatoms. The molecular weight excluding hydrogens is 645 g/mol. The third-order valence-electron chi connectivity index (χ3n) is 8.88. The van der Waals surface area contributed by atoms with Gasteiger partial charge in [0.2, 0.25) is 0 Å². The van der Waals surface area contributed by atoms with Crippen LogP contribution in [0.2, 0.25) is 0 Å². The molecular formula is C32H29F3N10O4. The Labute approximate surface area is 275 Å². The van der Waals surface area contributed by atoms with Crippen LogP contribution >= 0.6 is 0 Å². The number of hydrogen-bond acceptors (Lipinski definition) is 10. The molecule has 0 radical (unpaired) electrons. The van der Waals surface area contributed by atoms with E-state index in [2.05, 4.69) is 36.1 Å². The van der Waals surface area contributed by atoms with E-state index in [1.165, 1.54) is 6.33 Å². The van der Waals surface area contributed by atoms with E-state index in [1.54, 1.807) is 43.1 Å². The van der Waals surface area contributed by atoms with Gasteiger partial charge in [-0.3, -0.25) is 9.72 Å². The molecule has 2 saturated carbocycles. The van der Waals surface area contributed by atoms with Gasteiger partial charge in [-0.05, 0) is 49.9 Å². The highest BCUT2D eigenvalue weighted by Crippen LogP contribution is 2.59. The number of ether oxygens (including phenoxy) is 2. The number of rotatable bonds is 10. The molecule has 5 aromatic heterocycles. The monoisotopic (exact) mass is 674 g/mol. The van der Waals surface area contributed by atoms with Crippen molar-refractivity contribution in [2.24, 2.45) is 0 Å². The van der Waals surface area contributed by atoms with Crippen LogP contribution in [0.25, 0.3) is 28.1 Å². The van der Waals surface area contributed by atoms with Gasteiger partial charge in [0.15, 0.2) is 22.9 Å². The van der Waals surface area contributed by atoms with Crippen molar-refractivity contribution in [3.63, 3.8) is 0 Å². The van der Waals surface area contributed by atoms with Crippen LogP contribution in [-0.2, 0) is 12.0 Å². The predicted octanol–water partition coefficient (Wildman–Crippen LogP) is 6.33. The SMILES string of the molecule is COc1ccc(CNc2ncnc3c2c(-c2ccc(NC(=O)Nc4cc(C5(C(F)(F)F)CC5)on4)c4nccn24)nn3C2CC2)c(OC)c1. The van der Waals surface area contributed by atoms with Gasteiger partial charge in [-0.25, -0.2) is 24.4 Å². The minimum absolute atomic E-state index is 0.0865. The van der Waals surface area contributed by atoms with Crippen molar-refractivity contribution in [3.05, 3.63) is 66.4 Å². The molecule has 2 aliphatic rings. The molecule has 0 saturated heterocycles. The van der Waals surface area contributed by atoms with E-state index in [9.17, 15) is 18.0 Å². The molecule has 14 nitrogen and oxygen atoms in total. The number of imidazole rings is 1. The number of urea groups is 1. The maximum Gasteiger partial charge on any atom is 0.401 e. The van der Waals surface area contributed by atoms with Crippen LogP contribution in [0.3, 0.4) is 0 Å². The number of fused-ring (bicyclic) bond motifs is 2. The van der Waals surface area contributed by atoms with E-state index < -0.39 is 17.6 Å². The first-order valence-corrected chi connectivity index (χ1v) is 15.5. The largest absolute Gasteiger partial charge is 0.497 e. The number of hydrogen-bond donors (Lipinski definition) is 3. The first-order valence-electron chi connectivity index (χ1n) is 15.5. The van der Waals surface area contributed by atoms with E-state index in [0.29, 0.717) is 57.6 Å². The molecule has 2 amide bonds. The molecule has 252 valence electrons. The molecule has 0 atom stereocenters. The van der Waals surface area contributed by atoms with E-state index in [-0.39, 0.29) is 30.5 Å². The first-order chi connectivity index (χ1) is 23.7. The topological polar surface area (TPSA) is 159 Å². The number of benzene rings is 1. The second kappa shape index (κ2) is 11.4. The van der Waals surface area contributed by atoms with Crippen LogP contribution in [-0.4, -0.2) is 60.7 Å². The molecule has 0 unspecified atom stereocenters. The number of amides is 2. The number of aromatic nitrogens is 7. The summed E-state index contributed by atoms with van der Waals surface area (Å²) in [7, 11) is 3.20. The summed E-state index contributed by atoms with van der Waals surface area (Å²) in [6.45, 7) is 0.399. The summed E-state index contributed by atoms with van der Waals surface area (Å²) in [4.78, 5) is 26.6. The lowest BCUT2D eigenvalue weighted by Gasteiger charge is -2.15. The Balaban J connectivity index is 1.09. The number of alkyl halides is 3. The maximum absolute atomic E-state index is 13.5. The lowest BCUT2D eigenvalue weighted by atomic mass is 10.0. The summed E-state index contributed by atoms with van der Waals surface area (Å²) < 4.78 is 60.1. The standard InChI is InChI=1S/C32H29F3N10O4/c1-47-19-6-3-17(22(13-19)48-2)15-37-27-25-26(42-45(18-4-5-18)29(25)39-16-38-27)21-8-7-20(28-36-11-12-44(21)28)40-30(46)41-24-14-23(49-43-24)31(9-10-31)32(33,34)35/h3,6-8,11-14,16,18H,4-5,9-10,15H2,1-2H3,(H,37,38,39)(H2,40,41,43,46).